The van der Waals surface area contributed by atoms with Crippen molar-refractivity contribution in [2.24, 2.45) is 5.73 Å². The first-order chi connectivity index (χ1) is 10.2. The summed E-state index contributed by atoms with van der Waals surface area (Å²) in [6.07, 6.45) is 0. The maximum Gasteiger partial charge on any atom is 0.243 e. The molecule has 0 aliphatic rings. The van der Waals surface area contributed by atoms with E-state index in [-0.39, 0.29) is 28.7 Å². The lowest BCUT2D eigenvalue weighted by atomic mass is 10.4. The van der Waals surface area contributed by atoms with Crippen molar-refractivity contribution >= 4 is 32.5 Å². The summed E-state index contributed by atoms with van der Waals surface area (Å²) in [4.78, 5) is -0.138. The molecule has 0 unspecified atom stereocenters. The van der Waals surface area contributed by atoms with Crippen LogP contribution >= 0.6 is 12.4 Å². The van der Waals surface area contributed by atoms with Crippen LogP contribution in [0.5, 0.6) is 0 Å². The molecule has 0 aliphatic carbocycles. The Morgan fingerprint density at radius 3 is 2.13 bits per heavy atom. The number of hydrogen-bond acceptors (Lipinski definition) is 5. The van der Waals surface area contributed by atoms with Gasteiger partial charge in [-0.05, 0) is 25.1 Å². The first kappa shape index (κ1) is 22.3. The zero-order valence-electron chi connectivity index (χ0n) is 13.4. The number of halogens is 1. The van der Waals surface area contributed by atoms with E-state index in [0.717, 1.165) is 0 Å². The van der Waals surface area contributed by atoms with Crippen LogP contribution < -0.4 is 10.5 Å². The molecule has 7 nitrogen and oxygen atoms in total. The number of hydrogen-bond donors (Lipinski definition) is 2. The van der Waals surface area contributed by atoms with Crippen LogP contribution in [-0.2, 0) is 20.0 Å². The largest absolute Gasteiger partial charge is 0.329 e. The summed E-state index contributed by atoms with van der Waals surface area (Å²) >= 11 is 0. The van der Waals surface area contributed by atoms with Crippen molar-refractivity contribution in [3.8, 4) is 0 Å². The Morgan fingerprint density at radius 1 is 1.13 bits per heavy atom. The van der Waals surface area contributed by atoms with Crippen LogP contribution in [0.3, 0.4) is 0 Å². The lowest BCUT2D eigenvalue weighted by Gasteiger charge is -2.19. The van der Waals surface area contributed by atoms with Crippen LogP contribution in [0.2, 0.25) is 0 Å². The van der Waals surface area contributed by atoms with Gasteiger partial charge in [0, 0.05) is 25.7 Å². The van der Waals surface area contributed by atoms with E-state index in [1.54, 1.807) is 20.8 Å². The van der Waals surface area contributed by atoms with Crippen molar-refractivity contribution in [3.05, 3.63) is 24.3 Å². The second kappa shape index (κ2) is 8.95. The van der Waals surface area contributed by atoms with Crippen LogP contribution in [0.15, 0.2) is 34.1 Å². The Kier molecular flexibility index (Phi) is 8.68. The molecule has 1 aromatic rings. The van der Waals surface area contributed by atoms with Crippen molar-refractivity contribution in [1.29, 1.82) is 0 Å². The molecular formula is C13H24ClN3O4S2. The van der Waals surface area contributed by atoms with E-state index >= 15 is 0 Å². The third-order valence-corrected chi connectivity index (χ3v) is 6.80. The van der Waals surface area contributed by atoms with Gasteiger partial charge in [0.05, 0.1) is 9.79 Å². The fourth-order valence-electron chi connectivity index (χ4n) is 1.90. The molecule has 0 bridgehead atoms. The molecule has 0 saturated carbocycles. The second-order valence-corrected chi connectivity index (χ2v) is 8.47. The lowest BCUT2D eigenvalue weighted by molar-refractivity contribution is 0.445. The SMILES string of the molecule is CCN(CC)S(=O)(=O)c1cccc(S(=O)(=O)N[C@H](C)CN)c1.Cl. The molecule has 3 N–H and O–H groups in total. The average Bonchev–Trinajstić information content (AvgIpc) is 2.47. The average molecular weight is 386 g/mol. The first-order valence-corrected chi connectivity index (χ1v) is 9.94. The van der Waals surface area contributed by atoms with Gasteiger partial charge in [-0.2, -0.15) is 4.31 Å². The molecule has 0 heterocycles. The molecule has 0 amide bonds. The molecule has 0 aliphatic heterocycles. The van der Waals surface area contributed by atoms with Crippen molar-refractivity contribution < 1.29 is 16.8 Å². The van der Waals surface area contributed by atoms with E-state index in [9.17, 15) is 16.8 Å². The highest BCUT2D eigenvalue weighted by atomic mass is 35.5. The summed E-state index contributed by atoms with van der Waals surface area (Å²) in [6.45, 7) is 5.87. The smallest absolute Gasteiger partial charge is 0.243 e. The van der Waals surface area contributed by atoms with Crippen molar-refractivity contribution in [2.75, 3.05) is 19.6 Å². The number of nitrogens with zero attached hydrogens (tertiary/aromatic N) is 1. The fourth-order valence-corrected chi connectivity index (χ4v) is 4.78. The molecule has 0 fully saturated rings. The molecule has 1 aromatic carbocycles. The van der Waals surface area contributed by atoms with Gasteiger partial charge < -0.3 is 5.73 Å². The minimum atomic E-state index is -3.81. The van der Waals surface area contributed by atoms with Crippen LogP contribution in [0.1, 0.15) is 20.8 Å². The topological polar surface area (TPSA) is 110 Å². The monoisotopic (exact) mass is 385 g/mol. The highest BCUT2D eigenvalue weighted by molar-refractivity contribution is 7.90. The zero-order valence-corrected chi connectivity index (χ0v) is 15.8. The van der Waals surface area contributed by atoms with Gasteiger partial charge in [-0.3, -0.25) is 0 Å². The van der Waals surface area contributed by atoms with Crippen molar-refractivity contribution in [2.45, 2.75) is 36.6 Å². The summed E-state index contributed by atoms with van der Waals surface area (Å²) in [5.74, 6) is 0. The summed E-state index contributed by atoms with van der Waals surface area (Å²) in [5, 5.41) is 0. The minimum absolute atomic E-state index is 0. The van der Waals surface area contributed by atoms with E-state index in [2.05, 4.69) is 4.72 Å². The summed E-state index contributed by atoms with van der Waals surface area (Å²) in [6, 6.07) is 4.89. The Bertz CT molecular complexity index is 704. The molecule has 0 saturated heterocycles. The maximum atomic E-state index is 12.4. The van der Waals surface area contributed by atoms with E-state index in [0.29, 0.717) is 13.1 Å². The van der Waals surface area contributed by atoms with Crippen LogP contribution in [0.25, 0.3) is 0 Å². The minimum Gasteiger partial charge on any atom is -0.329 e. The molecular weight excluding hydrogens is 362 g/mol. The van der Waals surface area contributed by atoms with Crippen molar-refractivity contribution in [3.63, 3.8) is 0 Å². The quantitative estimate of drug-likeness (QED) is 0.686. The third kappa shape index (κ3) is 5.40. The summed E-state index contributed by atoms with van der Waals surface area (Å²) in [5.41, 5.74) is 5.40. The van der Waals surface area contributed by atoms with E-state index in [4.69, 9.17) is 5.73 Å². The summed E-state index contributed by atoms with van der Waals surface area (Å²) < 4.78 is 53.0. The molecule has 1 rings (SSSR count). The first-order valence-electron chi connectivity index (χ1n) is 7.01. The highest BCUT2D eigenvalue weighted by Gasteiger charge is 2.24. The molecule has 0 aromatic heterocycles. The predicted molar refractivity (Wildman–Crippen MR) is 92.6 cm³/mol. The number of nitrogens with two attached hydrogens (primary N) is 1. The molecule has 0 spiro atoms. The maximum absolute atomic E-state index is 12.4. The van der Waals surface area contributed by atoms with Gasteiger partial charge in [-0.1, -0.05) is 19.9 Å². The van der Waals surface area contributed by atoms with Gasteiger partial charge in [-0.25, -0.2) is 21.6 Å². The van der Waals surface area contributed by atoms with Crippen LogP contribution in [-0.4, -0.2) is 46.8 Å². The molecule has 134 valence electrons. The van der Waals surface area contributed by atoms with E-state index in [1.807, 2.05) is 0 Å². The van der Waals surface area contributed by atoms with Gasteiger partial charge in [-0.15, -0.1) is 12.4 Å². The second-order valence-electron chi connectivity index (χ2n) is 4.82. The fraction of sp³-hybridized carbons (Fsp3) is 0.538. The Balaban J connectivity index is 0.00000484. The highest BCUT2D eigenvalue weighted by Crippen LogP contribution is 2.19. The predicted octanol–water partition coefficient (Wildman–Crippen LogP) is 0.764. The van der Waals surface area contributed by atoms with Gasteiger partial charge in [0.15, 0.2) is 0 Å². The Morgan fingerprint density at radius 2 is 1.65 bits per heavy atom. The van der Waals surface area contributed by atoms with Crippen molar-refractivity contribution in [1.82, 2.24) is 9.03 Å². The summed E-state index contributed by atoms with van der Waals surface area (Å²) in [7, 11) is -7.51. The molecule has 0 radical (unpaired) electrons. The lowest BCUT2D eigenvalue weighted by Crippen LogP contribution is -2.37. The number of benzene rings is 1. The number of rotatable bonds is 8. The van der Waals surface area contributed by atoms with E-state index in [1.165, 1.54) is 28.6 Å². The standard InChI is InChI=1S/C13H23N3O4S2.ClH/c1-4-16(5-2)22(19,20)13-8-6-7-12(9-13)21(17,18)15-11(3)10-14;/h6-9,11,15H,4-5,10,14H2,1-3H3;1H/t11-;/m1./s1. The molecule has 1 atom stereocenters. The zero-order chi connectivity index (χ0) is 17.0. The Hall–Kier alpha value is -0.710. The number of nitrogens with one attached hydrogen (secondary N) is 1. The molecule has 10 heteroatoms. The number of sulfonamides is 2. The van der Waals surface area contributed by atoms with Crippen LogP contribution in [0.4, 0.5) is 0 Å². The van der Waals surface area contributed by atoms with Gasteiger partial charge in [0.1, 0.15) is 0 Å². The van der Waals surface area contributed by atoms with Crippen LogP contribution in [0, 0.1) is 0 Å². The van der Waals surface area contributed by atoms with Gasteiger partial charge in [0.25, 0.3) is 0 Å². The molecule has 23 heavy (non-hydrogen) atoms. The van der Waals surface area contributed by atoms with Gasteiger partial charge >= 0.3 is 0 Å². The third-order valence-electron chi connectivity index (χ3n) is 3.17. The normalized spacial score (nSPS) is 13.6. The Labute approximate surface area is 144 Å². The van der Waals surface area contributed by atoms with E-state index < -0.39 is 26.1 Å². The van der Waals surface area contributed by atoms with Gasteiger partial charge in [0.2, 0.25) is 20.0 Å².